The minimum atomic E-state index is -1.02. The summed E-state index contributed by atoms with van der Waals surface area (Å²) in [6.07, 6.45) is 0. The summed E-state index contributed by atoms with van der Waals surface area (Å²) in [5.74, 6) is 1.72. The molecule has 4 aromatic carbocycles. The molecule has 0 atom stereocenters. The molecule has 0 saturated carbocycles. The van der Waals surface area contributed by atoms with Gasteiger partial charge in [-0.1, -0.05) is 107 Å². The number of rotatable bonds is 5. The van der Waals surface area contributed by atoms with Crippen molar-refractivity contribution in [2.75, 3.05) is 0 Å². The Hall–Kier alpha value is -3.10. The lowest BCUT2D eigenvalue weighted by atomic mass is 10.3. The van der Waals surface area contributed by atoms with Gasteiger partial charge in [-0.05, 0) is 24.3 Å². The summed E-state index contributed by atoms with van der Waals surface area (Å²) in [4.78, 5) is 0. The van der Waals surface area contributed by atoms with Gasteiger partial charge in [0, 0.05) is 0 Å². The van der Waals surface area contributed by atoms with E-state index in [0.29, 0.717) is 0 Å². The fourth-order valence-corrected chi connectivity index (χ4v) is 5.58. The molecule has 0 N–H and O–H groups in total. The first-order chi connectivity index (χ1) is 12.9. The lowest BCUT2D eigenvalue weighted by Crippen LogP contribution is -2.51. The Labute approximate surface area is 156 Å². The molecule has 26 heavy (non-hydrogen) atoms. The SMILES string of the molecule is c1ccc(Oc2ccc([Si](c3ccccc3)c3ccccc3)cc2)cc1. The van der Waals surface area contributed by atoms with E-state index in [4.69, 9.17) is 4.74 Å². The lowest BCUT2D eigenvalue weighted by Gasteiger charge is -2.17. The second-order valence-electron chi connectivity index (χ2n) is 6.05. The Bertz CT molecular complexity index is 896. The highest BCUT2D eigenvalue weighted by molar-refractivity contribution is 6.95. The van der Waals surface area contributed by atoms with Gasteiger partial charge >= 0.3 is 0 Å². The Morgan fingerprint density at radius 1 is 0.385 bits per heavy atom. The van der Waals surface area contributed by atoms with Crippen molar-refractivity contribution in [3.63, 3.8) is 0 Å². The fourth-order valence-electron chi connectivity index (χ4n) is 3.02. The first-order valence-corrected chi connectivity index (χ1v) is 10.2. The number of ether oxygens (including phenoxy) is 1. The van der Waals surface area contributed by atoms with E-state index >= 15 is 0 Å². The number of benzene rings is 4. The van der Waals surface area contributed by atoms with Crippen LogP contribution >= 0.6 is 0 Å². The molecular formula is C24H19OSi. The third-order valence-corrected chi connectivity index (χ3v) is 6.98. The van der Waals surface area contributed by atoms with Gasteiger partial charge in [-0.2, -0.15) is 0 Å². The van der Waals surface area contributed by atoms with Crippen LogP contribution in [0.5, 0.6) is 11.5 Å². The van der Waals surface area contributed by atoms with Crippen LogP contribution in [-0.4, -0.2) is 8.80 Å². The zero-order valence-electron chi connectivity index (χ0n) is 14.4. The van der Waals surface area contributed by atoms with Crippen LogP contribution in [0.2, 0.25) is 0 Å². The maximum Gasteiger partial charge on any atom is 0.154 e. The van der Waals surface area contributed by atoms with Crippen LogP contribution in [0.15, 0.2) is 115 Å². The van der Waals surface area contributed by atoms with Crippen molar-refractivity contribution in [3.05, 3.63) is 115 Å². The first kappa shape index (κ1) is 16.4. The largest absolute Gasteiger partial charge is 0.457 e. The number of hydrogen-bond acceptors (Lipinski definition) is 1. The molecule has 0 aromatic heterocycles. The summed E-state index contributed by atoms with van der Waals surface area (Å²) < 4.78 is 5.94. The topological polar surface area (TPSA) is 9.23 Å². The van der Waals surface area contributed by atoms with E-state index in [1.807, 2.05) is 30.3 Å². The van der Waals surface area contributed by atoms with E-state index in [1.165, 1.54) is 15.6 Å². The van der Waals surface area contributed by atoms with Crippen molar-refractivity contribution >= 4 is 24.4 Å². The molecule has 4 aromatic rings. The molecule has 0 fully saturated rings. The molecule has 2 heteroatoms. The molecule has 0 aliphatic heterocycles. The van der Waals surface area contributed by atoms with Gasteiger partial charge in [0.05, 0.1) is 0 Å². The summed E-state index contributed by atoms with van der Waals surface area (Å²) >= 11 is 0. The molecule has 125 valence electrons. The molecule has 0 bridgehead atoms. The van der Waals surface area contributed by atoms with Crippen LogP contribution in [0.3, 0.4) is 0 Å². The van der Waals surface area contributed by atoms with Gasteiger partial charge in [-0.25, -0.2) is 0 Å². The van der Waals surface area contributed by atoms with Crippen molar-refractivity contribution in [1.82, 2.24) is 0 Å². The molecule has 4 rings (SSSR count). The van der Waals surface area contributed by atoms with Crippen molar-refractivity contribution in [3.8, 4) is 11.5 Å². The molecule has 0 saturated heterocycles. The van der Waals surface area contributed by atoms with Crippen LogP contribution < -0.4 is 20.3 Å². The molecule has 0 unspecified atom stereocenters. The number of para-hydroxylation sites is 1. The van der Waals surface area contributed by atoms with Gasteiger partial charge in [0.2, 0.25) is 0 Å². The molecule has 0 aliphatic carbocycles. The minimum Gasteiger partial charge on any atom is -0.457 e. The van der Waals surface area contributed by atoms with Crippen LogP contribution in [-0.2, 0) is 0 Å². The highest BCUT2D eigenvalue weighted by atomic mass is 28.3. The highest BCUT2D eigenvalue weighted by Gasteiger charge is 2.19. The predicted octanol–water partition coefficient (Wildman–Crippen LogP) is 4.00. The van der Waals surface area contributed by atoms with Crippen molar-refractivity contribution in [1.29, 1.82) is 0 Å². The zero-order chi connectivity index (χ0) is 17.6. The predicted molar refractivity (Wildman–Crippen MR) is 110 cm³/mol. The molecule has 1 radical (unpaired) electrons. The Balaban J connectivity index is 1.66. The van der Waals surface area contributed by atoms with Gasteiger partial charge in [0.1, 0.15) is 11.5 Å². The summed E-state index contributed by atoms with van der Waals surface area (Å²) in [7, 11) is -1.02. The second-order valence-corrected chi connectivity index (χ2v) is 8.53. The molecule has 0 heterocycles. The van der Waals surface area contributed by atoms with Crippen LogP contribution in [0, 0.1) is 0 Å². The third-order valence-electron chi connectivity index (χ3n) is 4.25. The van der Waals surface area contributed by atoms with Crippen molar-refractivity contribution < 1.29 is 4.74 Å². The van der Waals surface area contributed by atoms with Crippen LogP contribution in [0.25, 0.3) is 0 Å². The summed E-state index contributed by atoms with van der Waals surface area (Å²) in [6, 6.07) is 40.0. The summed E-state index contributed by atoms with van der Waals surface area (Å²) in [5, 5.41) is 4.13. The molecular weight excluding hydrogens is 332 g/mol. The van der Waals surface area contributed by atoms with Gasteiger partial charge < -0.3 is 4.74 Å². The molecule has 1 nitrogen and oxygen atoms in total. The second kappa shape index (κ2) is 7.85. The monoisotopic (exact) mass is 351 g/mol. The third kappa shape index (κ3) is 3.76. The smallest absolute Gasteiger partial charge is 0.154 e. The van der Waals surface area contributed by atoms with Gasteiger partial charge in [-0.15, -0.1) is 0 Å². The standard InChI is InChI=1S/C24H19OSi/c1-4-10-20(11-5-1)25-21-16-18-24(19-17-21)26(22-12-6-2-7-13-22)23-14-8-3-9-15-23/h1-19H. The van der Waals surface area contributed by atoms with E-state index < -0.39 is 8.80 Å². The summed E-state index contributed by atoms with van der Waals surface area (Å²) in [5.41, 5.74) is 0. The molecule has 0 spiro atoms. The van der Waals surface area contributed by atoms with E-state index in [-0.39, 0.29) is 0 Å². The van der Waals surface area contributed by atoms with Crippen molar-refractivity contribution in [2.45, 2.75) is 0 Å². The Morgan fingerprint density at radius 3 is 1.27 bits per heavy atom. The van der Waals surface area contributed by atoms with Gasteiger partial charge in [0.25, 0.3) is 0 Å². The average Bonchev–Trinajstić information content (AvgIpc) is 2.72. The zero-order valence-corrected chi connectivity index (χ0v) is 15.4. The molecule has 0 amide bonds. The van der Waals surface area contributed by atoms with Gasteiger partial charge in [0.15, 0.2) is 8.80 Å². The fraction of sp³-hybridized carbons (Fsp3) is 0. The van der Waals surface area contributed by atoms with Crippen LogP contribution in [0.1, 0.15) is 0 Å². The lowest BCUT2D eigenvalue weighted by molar-refractivity contribution is 0.483. The highest BCUT2D eigenvalue weighted by Crippen LogP contribution is 2.19. The summed E-state index contributed by atoms with van der Waals surface area (Å²) in [6.45, 7) is 0. The van der Waals surface area contributed by atoms with E-state index in [2.05, 4.69) is 84.9 Å². The van der Waals surface area contributed by atoms with E-state index in [1.54, 1.807) is 0 Å². The molecule has 0 aliphatic rings. The average molecular weight is 352 g/mol. The quantitative estimate of drug-likeness (QED) is 0.390. The maximum absolute atomic E-state index is 5.94. The maximum atomic E-state index is 5.94. The Morgan fingerprint density at radius 2 is 0.769 bits per heavy atom. The van der Waals surface area contributed by atoms with Crippen LogP contribution in [0.4, 0.5) is 0 Å². The first-order valence-electron chi connectivity index (χ1n) is 8.71. The van der Waals surface area contributed by atoms with E-state index in [0.717, 1.165) is 11.5 Å². The van der Waals surface area contributed by atoms with E-state index in [9.17, 15) is 0 Å². The van der Waals surface area contributed by atoms with Gasteiger partial charge in [-0.3, -0.25) is 0 Å². The normalized spacial score (nSPS) is 10.7. The minimum absolute atomic E-state index is 0.858. The Kier molecular flexibility index (Phi) is 4.94. The van der Waals surface area contributed by atoms with Crippen molar-refractivity contribution in [2.24, 2.45) is 0 Å². The number of hydrogen-bond donors (Lipinski definition) is 0.